The highest BCUT2D eigenvalue weighted by molar-refractivity contribution is 5.04. The number of likely N-dealkylation sites (N-methyl/N-ethyl adjacent to an activating group) is 1. The number of piperidine rings is 1. The van der Waals surface area contributed by atoms with Gasteiger partial charge < -0.3 is 9.47 Å². The molecule has 0 amide bonds. The number of allylic oxidation sites excluding steroid dienone is 1. The second-order valence-corrected chi connectivity index (χ2v) is 7.97. The summed E-state index contributed by atoms with van der Waals surface area (Å²) >= 11 is 0. The van der Waals surface area contributed by atoms with Crippen molar-refractivity contribution in [1.82, 2.24) is 29.5 Å². The number of likely N-dealkylation sites (tertiary alicyclic amines) is 1. The van der Waals surface area contributed by atoms with Crippen LogP contribution in [-0.4, -0.2) is 82.3 Å². The summed E-state index contributed by atoms with van der Waals surface area (Å²) in [6.45, 7) is 13.2. The molecule has 6 nitrogen and oxygen atoms in total. The minimum absolute atomic E-state index is 0.557. The van der Waals surface area contributed by atoms with Gasteiger partial charge in [-0.3, -0.25) is 9.80 Å². The molecule has 1 aromatic rings. The average molecular weight is 347 g/mol. The van der Waals surface area contributed by atoms with E-state index in [1.807, 2.05) is 0 Å². The molecule has 6 heteroatoms. The van der Waals surface area contributed by atoms with Crippen molar-refractivity contribution < 1.29 is 0 Å². The van der Waals surface area contributed by atoms with Crippen molar-refractivity contribution in [2.24, 2.45) is 7.05 Å². The Morgan fingerprint density at radius 3 is 2.28 bits per heavy atom. The summed E-state index contributed by atoms with van der Waals surface area (Å²) < 4.78 is 2.26. The van der Waals surface area contributed by atoms with Crippen molar-refractivity contribution in [3.63, 3.8) is 0 Å². The highest BCUT2D eigenvalue weighted by atomic mass is 15.3. The van der Waals surface area contributed by atoms with Gasteiger partial charge in [-0.1, -0.05) is 11.6 Å². The van der Waals surface area contributed by atoms with Gasteiger partial charge in [0.15, 0.2) is 0 Å². The monoisotopic (exact) mass is 346 g/mol. The standard InChI is InChI=1S/C19H34N6/c1-16(2)5-8-24-9-6-17(7-10-24)19-21-20-18(23(19)4)15-25-13-11-22(3)12-14-25/h5,17H,6-15H2,1-4H3. The Balaban J connectivity index is 1.54. The maximum Gasteiger partial charge on any atom is 0.146 e. The second-order valence-electron chi connectivity index (χ2n) is 7.97. The van der Waals surface area contributed by atoms with Crippen molar-refractivity contribution >= 4 is 0 Å². The van der Waals surface area contributed by atoms with E-state index < -0.39 is 0 Å². The minimum Gasteiger partial charge on any atom is -0.317 e. The van der Waals surface area contributed by atoms with Crippen LogP contribution in [0.2, 0.25) is 0 Å². The summed E-state index contributed by atoms with van der Waals surface area (Å²) in [5, 5.41) is 9.08. The number of rotatable bonds is 5. The van der Waals surface area contributed by atoms with E-state index >= 15 is 0 Å². The van der Waals surface area contributed by atoms with Crippen LogP contribution in [-0.2, 0) is 13.6 Å². The van der Waals surface area contributed by atoms with E-state index in [9.17, 15) is 0 Å². The molecule has 1 aromatic heterocycles. The molecule has 0 saturated carbocycles. The Bertz CT molecular complexity index is 573. The van der Waals surface area contributed by atoms with Gasteiger partial charge in [0.2, 0.25) is 0 Å². The number of hydrogen-bond donors (Lipinski definition) is 0. The fourth-order valence-electron chi connectivity index (χ4n) is 3.76. The van der Waals surface area contributed by atoms with E-state index in [0.29, 0.717) is 5.92 Å². The molecule has 0 aromatic carbocycles. The van der Waals surface area contributed by atoms with Gasteiger partial charge in [0.25, 0.3) is 0 Å². The van der Waals surface area contributed by atoms with E-state index in [4.69, 9.17) is 0 Å². The molecule has 2 aliphatic heterocycles. The first kappa shape index (κ1) is 18.5. The molecule has 140 valence electrons. The zero-order valence-electron chi connectivity index (χ0n) is 16.4. The van der Waals surface area contributed by atoms with Crippen molar-refractivity contribution in [1.29, 1.82) is 0 Å². The first-order valence-electron chi connectivity index (χ1n) is 9.67. The summed E-state index contributed by atoms with van der Waals surface area (Å²) in [6.07, 6.45) is 4.71. The topological polar surface area (TPSA) is 40.4 Å². The van der Waals surface area contributed by atoms with Gasteiger partial charge in [0.05, 0.1) is 6.54 Å². The molecule has 0 bridgehead atoms. The van der Waals surface area contributed by atoms with Crippen LogP contribution in [0.3, 0.4) is 0 Å². The fraction of sp³-hybridized carbons (Fsp3) is 0.789. The molecular weight excluding hydrogens is 312 g/mol. The van der Waals surface area contributed by atoms with E-state index in [1.54, 1.807) is 0 Å². The van der Waals surface area contributed by atoms with Crippen molar-refractivity contribution in [2.45, 2.75) is 39.2 Å². The van der Waals surface area contributed by atoms with E-state index in [0.717, 1.165) is 58.2 Å². The molecule has 0 unspecified atom stereocenters. The van der Waals surface area contributed by atoms with Crippen LogP contribution < -0.4 is 0 Å². The number of piperazine rings is 1. The van der Waals surface area contributed by atoms with Gasteiger partial charge >= 0.3 is 0 Å². The van der Waals surface area contributed by atoms with E-state index in [-0.39, 0.29) is 0 Å². The van der Waals surface area contributed by atoms with Crippen LogP contribution >= 0.6 is 0 Å². The normalized spacial score (nSPS) is 21.6. The van der Waals surface area contributed by atoms with Crippen LogP contribution in [0.25, 0.3) is 0 Å². The van der Waals surface area contributed by atoms with Gasteiger partial charge in [0, 0.05) is 45.7 Å². The average Bonchev–Trinajstić information content (AvgIpc) is 2.96. The molecule has 3 heterocycles. The molecule has 2 aliphatic rings. The third-order valence-electron chi connectivity index (χ3n) is 5.67. The zero-order valence-corrected chi connectivity index (χ0v) is 16.4. The molecule has 0 N–H and O–H groups in total. The van der Waals surface area contributed by atoms with Gasteiger partial charge in [0.1, 0.15) is 11.6 Å². The first-order chi connectivity index (χ1) is 12.0. The van der Waals surface area contributed by atoms with Gasteiger partial charge in [-0.2, -0.15) is 0 Å². The molecule has 0 radical (unpaired) electrons. The van der Waals surface area contributed by atoms with Gasteiger partial charge in [-0.05, 0) is 46.8 Å². The van der Waals surface area contributed by atoms with Crippen LogP contribution in [0.15, 0.2) is 11.6 Å². The molecule has 3 rings (SSSR count). The lowest BCUT2D eigenvalue weighted by atomic mass is 9.96. The van der Waals surface area contributed by atoms with E-state index in [2.05, 4.69) is 63.5 Å². The molecule has 0 atom stereocenters. The predicted octanol–water partition coefficient (Wildman–Crippen LogP) is 1.71. The maximum absolute atomic E-state index is 4.56. The van der Waals surface area contributed by atoms with Crippen LogP contribution in [0.5, 0.6) is 0 Å². The Morgan fingerprint density at radius 1 is 0.960 bits per heavy atom. The van der Waals surface area contributed by atoms with Gasteiger partial charge in [-0.25, -0.2) is 0 Å². The second kappa shape index (κ2) is 8.43. The minimum atomic E-state index is 0.557. The number of hydrogen-bond acceptors (Lipinski definition) is 5. The fourth-order valence-corrected chi connectivity index (χ4v) is 3.76. The molecular formula is C19H34N6. The highest BCUT2D eigenvalue weighted by Crippen LogP contribution is 2.27. The third kappa shape index (κ3) is 4.90. The molecule has 2 saturated heterocycles. The molecule has 2 fully saturated rings. The smallest absolute Gasteiger partial charge is 0.146 e. The van der Waals surface area contributed by atoms with Gasteiger partial charge in [-0.15, -0.1) is 10.2 Å². The van der Waals surface area contributed by atoms with Crippen LogP contribution in [0.4, 0.5) is 0 Å². The lowest BCUT2D eigenvalue weighted by Gasteiger charge is -2.32. The van der Waals surface area contributed by atoms with E-state index in [1.165, 1.54) is 24.2 Å². The van der Waals surface area contributed by atoms with Crippen molar-refractivity contribution in [3.8, 4) is 0 Å². The third-order valence-corrected chi connectivity index (χ3v) is 5.67. The maximum atomic E-state index is 4.56. The van der Waals surface area contributed by atoms with Crippen molar-refractivity contribution in [2.75, 3.05) is 52.9 Å². The predicted molar refractivity (Wildman–Crippen MR) is 102 cm³/mol. The van der Waals surface area contributed by atoms with Crippen LogP contribution in [0.1, 0.15) is 44.3 Å². The lowest BCUT2D eigenvalue weighted by Crippen LogP contribution is -2.44. The summed E-state index contributed by atoms with van der Waals surface area (Å²) in [7, 11) is 4.35. The SMILES string of the molecule is CC(C)=CCN1CCC(c2nnc(CN3CCN(C)CC3)n2C)CC1. The summed E-state index contributed by atoms with van der Waals surface area (Å²) in [6, 6.07) is 0. The Morgan fingerprint density at radius 2 is 1.64 bits per heavy atom. The molecule has 0 aliphatic carbocycles. The summed E-state index contributed by atoms with van der Waals surface area (Å²) in [4.78, 5) is 7.43. The number of aromatic nitrogens is 3. The zero-order chi connectivity index (χ0) is 17.8. The number of nitrogens with zero attached hydrogens (tertiary/aromatic N) is 6. The largest absolute Gasteiger partial charge is 0.317 e. The summed E-state index contributed by atoms with van der Waals surface area (Å²) in [5.74, 6) is 2.86. The molecule has 0 spiro atoms. The Hall–Kier alpha value is -1.24. The Kier molecular flexibility index (Phi) is 6.25. The summed E-state index contributed by atoms with van der Waals surface area (Å²) in [5.41, 5.74) is 1.41. The Labute approximate surface area is 152 Å². The van der Waals surface area contributed by atoms with Crippen LogP contribution in [0, 0.1) is 0 Å². The highest BCUT2D eigenvalue weighted by Gasteiger charge is 2.25. The first-order valence-corrected chi connectivity index (χ1v) is 9.67. The quantitative estimate of drug-likeness (QED) is 0.759. The van der Waals surface area contributed by atoms with Crippen molar-refractivity contribution in [3.05, 3.63) is 23.3 Å². The molecule has 25 heavy (non-hydrogen) atoms. The lowest BCUT2D eigenvalue weighted by molar-refractivity contribution is 0.144.